The van der Waals surface area contributed by atoms with Crippen LogP contribution in [0.2, 0.25) is 10.6 Å². The molecule has 78 valence electrons. The molecular formula is C10H24AlNO. The highest BCUT2D eigenvalue weighted by Gasteiger charge is 2.22. The number of hydrogen-bond acceptors (Lipinski definition) is 2. The minimum atomic E-state index is -0.947. The fraction of sp³-hybridized carbons (Fsp3) is 1.00. The van der Waals surface area contributed by atoms with Crippen LogP contribution in [0, 0.1) is 11.8 Å². The van der Waals surface area contributed by atoms with Crippen molar-refractivity contribution in [2.45, 2.75) is 38.3 Å². The third kappa shape index (κ3) is 8.77. The van der Waals surface area contributed by atoms with Crippen molar-refractivity contribution in [1.82, 2.24) is 0 Å². The molecule has 0 radical (unpaired) electrons. The highest BCUT2D eigenvalue weighted by Crippen LogP contribution is 2.15. The number of nitrogens with two attached hydrogens (primary N) is 1. The Kier molecular flexibility index (Phi) is 8.09. The molecule has 0 saturated carbocycles. The molecule has 0 aromatic heterocycles. The summed E-state index contributed by atoms with van der Waals surface area (Å²) in [4.78, 5) is 0. The number of hydrogen-bond donors (Lipinski definition) is 1. The molecule has 0 saturated heterocycles. The summed E-state index contributed by atoms with van der Waals surface area (Å²) in [5, 5.41) is 2.58. The van der Waals surface area contributed by atoms with Crippen molar-refractivity contribution in [2.75, 3.05) is 13.2 Å². The minimum absolute atomic E-state index is 0.666. The molecule has 2 N–H and O–H groups in total. The molecule has 2 nitrogen and oxygen atoms in total. The molecule has 0 atom stereocenters. The van der Waals surface area contributed by atoms with Crippen LogP contribution in [0.4, 0.5) is 0 Å². The van der Waals surface area contributed by atoms with E-state index in [4.69, 9.17) is 9.52 Å². The van der Waals surface area contributed by atoms with E-state index in [-0.39, 0.29) is 0 Å². The first-order valence-electron chi connectivity index (χ1n) is 5.38. The van der Waals surface area contributed by atoms with Gasteiger partial charge in [-0.1, -0.05) is 50.1 Å². The molecule has 0 aliphatic heterocycles. The first-order valence-corrected chi connectivity index (χ1v) is 7.48. The van der Waals surface area contributed by atoms with E-state index in [0.717, 1.165) is 18.4 Å². The summed E-state index contributed by atoms with van der Waals surface area (Å²) in [7, 11) is 0. The Morgan fingerprint density at radius 1 is 1.08 bits per heavy atom. The summed E-state index contributed by atoms with van der Waals surface area (Å²) >= 11 is -0.947. The first-order chi connectivity index (χ1) is 6.06. The van der Waals surface area contributed by atoms with Gasteiger partial charge in [-0.2, -0.15) is 0 Å². The SMILES string of the molecule is CC(C)[CH2][Al]([CH2]C(C)C)[O]CCN. The lowest BCUT2D eigenvalue weighted by molar-refractivity contribution is 0.321. The average molecular weight is 201 g/mol. The maximum atomic E-state index is 5.83. The molecule has 0 rings (SSSR count). The largest absolute Gasteiger partial charge is 0.500 e. The fourth-order valence-electron chi connectivity index (χ4n) is 1.52. The van der Waals surface area contributed by atoms with Crippen LogP contribution in [0.15, 0.2) is 0 Å². The predicted molar refractivity (Wildman–Crippen MR) is 60.1 cm³/mol. The Bertz CT molecular complexity index is 107. The van der Waals surface area contributed by atoms with Crippen LogP contribution in [0.3, 0.4) is 0 Å². The van der Waals surface area contributed by atoms with Crippen LogP contribution in [0.5, 0.6) is 0 Å². The summed E-state index contributed by atoms with van der Waals surface area (Å²) in [6.07, 6.45) is 0. The Labute approximate surface area is 87.6 Å². The van der Waals surface area contributed by atoms with Crippen LogP contribution in [-0.4, -0.2) is 27.6 Å². The normalized spacial score (nSPS) is 11.3. The molecule has 0 amide bonds. The van der Waals surface area contributed by atoms with Gasteiger partial charge in [-0.25, -0.2) is 0 Å². The molecule has 3 heteroatoms. The highest BCUT2D eigenvalue weighted by molar-refractivity contribution is 6.51. The Morgan fingerprint density at radius 2 is 1.54 bits per heavy atom. The van der Waals surface area contributed by atoms with Gasteiger partial charge in [0.25, 0.3) is 0 Å². The molecule has 0 unspecified atom stereocenters. The molecule has 0 fully saturated rings. The Hall–Kier alpha value is 0.452. The maximum absolute atomic E-state index is 5.83. The standard InChI is InChI=1S/2C4H9.C2H6NO.Al/c2*1-4(2)3;3-1-2-4;/h2*4H,1H2,2-3H3;1-3H2;/q;;-1;+1. The summed E-state index contributed by atoms with van der Waals surface area (Å²) in [5.74, 6) is 1.54. The van der Waals surface area contributed by atoms with E-state index in [2.05, 4.69) is 27.7 Å². The lowest BCUT2D eigenvalue weighted by Crippen LogP contribution is -2.25. The van der Waals surface area contributed by atoms with E-state index >= 15 is 0 Å². The zero-order chi connectivity index (χ0) is 10.3. The summed E-state index contributed by atoms with van der Waals surface area (Å²) in [6, 6.07) is 0. The van der Waals surface area contributed by atoms with E-state index in [9.17, 15) is 0 Å². The second-order valence-corrected chi connectivity index (χ2v) is 7.06. The molecule has 0 aliphatic carbocycles. The van der Waals surface area contributed by atoms with Crippen LogP contribution in [0.1, 0.15) is 27.7 Å². The minimum Gasteiger partial charge on any atom is -0.500 e. The van der Waals surface area contributed by atoms with E-state index < -0.39 is 14.5 Å². The van der Waals surface area contributed by atoms with Crippen molar-refractivity contribution in [1.29, 1.82) is 0 Å². The Balaban J connectivity index is 3.73. The van der Waals surface area contributed by atoms with Gasteiger partial charge in [0, 0.05) is 13.2 Å². The van der Waals surface area contributed by atoms with Crippen LogP contribution < -0.4 is 5.73 Å². The van der Waals surface area contributed by atoms with Gasteiger partial charge in [0.1, 0.15) is 0 Å². The lowest BCUT2D eigenvalue weighted by Gasteiger charge is -2.16. The van der Waals surface area contributed by atoms with Crippen molar-refractivity contribution in [3.8, 4) is 0 Å². The predicted octanol–water partition coefficient (Wildman–Crippen LogP) is 2.27. The Morgan fingerprint density at radius 3 is 1.85 bits per heavy atom. The lowest BCUT2D eigenvalue weighted by atomic mass is 10.3. The van der Waals surface area contributed by atoms with Crippen LogP contribution in [0.25, 0.3) is 0 Å². The third-order valence-corrected chi connectivity index (χ3v) is 5.58. The second kappa shape index (κ2) is 7.82. The molecule has 0 heterocycles. The monoisotopic (exact) mass is 201 g/mol. The summed E-state index contributed by atoms with van der Waals surface area (Å²) < 4.78 is 5.83. The van der Waals surface area contributed by atoms with Crippen molar-refractivity contribution in [3.05, 3.63) is 0 Å². The quantitative estimate of drug-likeness (QED) is 0.641. The van der Waals surface area contributed by atoms with Gasteiger partial charge in [-0.15, -0.1) is 0 Å². The van der Waals surface area contributed by atoms with Gasteiger partial charge >= 0.3 is 14.5 Å². The van der Waals surface area contributed by atoms with Crippen LogP contribution in [-0.2, 0) is 3.79 Å². The van der Waals surface area contributed by atoms with E-state index in [0.29, 0.717) is 6.54 Å². The molecule has 0 aromatic rings. The van der Waals surface area contributed by atoms with Crippen LogP contribution >= 0.6 is 0 Å². The molecular weight excluding hydrogens is 177 g/mol. The maximum Gasteiger partial charge on any atom is 0.461 e. The highest BCUT2D eigenvalue weighted by atomic mass is 27.2. The molecule has 0 bridgehead atoms. The van der Waals surface area contributed by atoms with Gasteiger partial charge in [0.05, 0.1) is 0 Å². The van der Waals surface area contributed by atoms with E-state index in [1.165, 1.54) is 10.6 Å². The second-order valence-electron chi connectivity index (χ2n) is 4.54. The van der Waals surface area contributed by atoms with Crippen molar-refractivity contribution >= 4 is 14.5 Å². The number of rotatable bonds is 7. The van der Waals surface area contributed by atoms with Gasteiger partial charge < -0.3 is 9.52 Å². The molecule has 0 aliphatic rings. The van der Waals surface area contributed by atoms with Gasteiger partial charge in [0.15, 0.2) is 0 Å². The first kappa shape index (κ1) is 13.5. The van der Waals surface area contributed by atoms with E-state index in [1.54, 1.807) is 0 Å². The smallest absolute Gasteiger partial charge is 0.461 e. The fourth-order valence-corrected chi connectivity index (χ4v) is 4.56. The van der Waals surface area contributed by atoms with Crippen molar-refractivity contribution in [2.24, 2.45) is 17.6 Å². The van der Waals surface area contributed by atoms with Crippen molar-refractivity contribution < 1.29 is 3.79 Å². The molecule has 0 spiro atoms. The van der Waals surface area contributed by atoms with Gasteiger partial charge in [-0.3, -0.25) is 0 Å². The average Bonchev–Trinajstić information content (AvgIpc) is 1.98. The van der Waals surface area contributed by atoms with E-state index in [1.807, 2.05) is 0 Å². The van der Waals surface area contributed by atoms with Gasteiger partial charge in [0.2, 0.25) is 0 Å². The van der Waals surface area contributed by atoms with Gasteiger partial charge in [-0.05, 0) is 0 Å². The summed E-state index contributed by atoms with van der Waals surface area (Å²) in [5.41, 5.74) is 5.44. The molecule has 13 heavy (non-hydrogen) atoms. The zero-order valence-electron chi connectivity index (χ0n) is 9.55. The summed E-state index contributed by atoms with van der Waals surface area (Å²) in [6.45, 7) is 10.5. The third-order valence-electron chi connectivity index (χ3n) is 1.94. The zero-order valence-corrected chi connectivity index (χ0v) is 10.7. The van der Waals surface area contributed by atoms with Crippen molar-refractivity contribution in [3.63, 3.8) is 0 Å². The molecule has 0 aromatic carbocycles. The topological polar surface area (TPSA) is 35.2 Å².